The number of anilines is 4. The second-order valence-electron chi connectivity index (χ2n) is 8.27. The van der Waals surface area contributed by atoms with Crippen LogP contribution in [0.2, 0.25) is 0 Å². The van der Waals surface area contributed by atoms with Gasteiger partial charge < -0.3 is 25.4 Å². The summed E-state index contributed by atoms with van der Waals surface area (Å²) in [5, 5.41) is 8.66. The molecule has 1 heterocycles. The maximum atomic E-state index is 13.4. The number of sulfonamides is 1. The summed E-state index contributed by atoms with van der Waals surface area (Å²) in [6.07, 6.45) is 0. The van der Waals surface area contributed by atoms with Gasteiger partial charge in [0.2, 0.25) is 5.91 Å². The minimum atomic E-state index is -4.12. The van der Waals surface area contributed by atoms with E-state index in [4.69, 9.17) is 9.47 Å². The van der Waals surface area contributed by atoms with Crippen LogP contribution in [0.4, 0.5) is 23.0 Å². The van der Waals surface area contributed by atoms with Gasteiger partial charge in [-0.1, -0.05) is 18.2 Å². The predicted molar refractivity (Wildman–Crippen MR) is 147 cm³/mol. The predicted octanol–water partition coefficient (Wildman–Crippen LogP) is 3.74. The quantitative estimate of drug-likeness (QED) is 0.238. The lowest BCUT2D eigenvalue weighted by Crippen LogP contribution is -2.35. The number of nitrogens with one attached hydrogen (secondary N) is 4. The van der Waals surface area contributed by atoms with Gasteiger partial charge in [-0.2, -0.15) is 0 Å². The first-order valence-electron chi connectivity index (χ1n) is 11.6. The van der Waals surface area contributed by atoms with Gasteiger partial charge in [0.25, 0.3) is 10.0 Å². The Kier molecular flexibility index (Phi) is 7.93. The maximum absolute atomic E-state index is 13.4. The smallest absolute Gasteiger partial charge is 0.263 e. The lowest BCUT2D eigenvalue weighted by atomic mass is 10.2. The molecule has 0 bridgehead atoms. The van der Waals surface area contributed by atoms with E-state index in [1.165, 1.54) is 26.4 Å². The largest absolute Gasteiger partial charge is 0.497 e. The Hall–Kier alpha value is -4.42. The van der Waals surface area contributed by atoms with Gasteiger partial charge in [0.05, 0.1) is 36.2 Å². The number of nitrogens with zero attached hydrogens (tertiary/aromatic N) is 2. The van der Waals surface area contributed by atoms with E-state index in [1.54, 1.807) is 62.5 Å². The van der Waals surface area contributed by atoms with Gasteiger partial charge >= 0.3 is 0 Å². The molecule has 1 aromatic heterocycles. The van der Waals surface area contributed by atoms with Crippen LogP contribution in [0.1, 0.15) is 6.92 Å². The zero-order valence-corrected chi connectivity index (χ0v) is 22.1. The summed E-state index contributed by atoms with van der Waals surface area (Å²) in [7, 11) is 0.608. The first-order chi connectivity index (χ1) is 18.2. The molecule has 0 fully saturated rings. The Bertz CT molecular complexity index is 1560. The zero-order valence-electron chi connectivity index (χ0n) is 21.3. The van der Waals surface area contributed by atoms with Crippen LogP contribution in [0.25, 0.3) is 11.0 Å². The van der Waals surface area contributed by atoms with Crippen molar-refractivity contribution >= 4 is 50.0 Å². The number of aromatic nitrogens is 2. The zero-order chi connectivity index (χ0) is 27.3. The van der Waals surface area contributed by atoms with Crippen LogP contribution in [0.5, 0.6) is 11.5 Å². The number of hydrogen-bond donors (Lipinski definition) is 4. The number of amides is 1. The van der Waals surface area contributed by atoms with Crippen LogP contribution in [-0.4, -0.2) is 51.6 Å². The number of benzene rings is 3. The number of fused-ring (bicyclic) bond motifs is 1. The summed E-state index contributed by atoms with van der Waals surface area (Å²) in [5.74, 6) is 0.942. The number of carbonyl (C=O) groups excluding carboxylic acids is 1. The van der Waals surface area contributed by atoms with E-state index in [-0.39, 0.29) is 22.4 Å². The van der Waals surface area contributed by atoms with Gasteiger partial charge in [-0.3, -0.25) is 9.52 Å². The molecule has 0 saturated heterocycles. The van der Waals surface area contributed by atoms with Gasteiger partial charge in [0.15, 0.2) is 11.6 Å². The van der Waals surface area contributed by atoms with Crippen molar-refractivity contribution < 1.29 is 22.7 Å². The van der Waals surface area contributed by atoms with Crippen LogP contribution in [0, 0.1) is 0 Å². The van der Waals surface area contributed by atoms with Crippen molar-refractivity contribution in [1.82, 2.24) is 15.3 Å². The molecular weight excluding hydrogens is 508 g/mol. The molecule has 0 aliphatic carbocycles. The van der Waals surface area contributed by atoms with Crippen molar-refractivity contribution in [2.45, 2.75) is 17.9 Å². The molecule has 4 N–H and O–H groups in total. The first kappa shape index (κ1) is 26.6. The molecule has 0 radical (unpaired) electrons. The van der Waals surface area contributed by atoms with Gasteiger partial charge in [-0.25, -0.2) is 18.4 Å². The van der Waals surface area contributed by atoms with E-state index in [1.807, 2.05) is 6.07 Å². The molecule has 0 saturated carbocycles. The fourth-order valence-electron chi connectivity index (χ4n) is 3.48. The highest BCUT2D eigenvalue weighted by atomic mass is 32.2. The SMILES string of the molecule is CN[C@@H](C)C(=O)Nc1cccc(S(=O)(=O)Nc2nc3ccccc3nc2Nc2cc(OC)cc(OC)c2)c1. The Balaban J connectivity index is 1.71. The van der Waals surface area contributed by atoms with Crippen molar-refractivity contribution in [3.05, 3.63) is 66.7 Å². The van der Waals surface area contributed by atoms with Crippen molar-refractivity contribution in [3.8, 4) is 11.5 Å². The third-order valence-electron chi connectivity index (χ3n) is 5.65. The fraction of sp³-hybridized carbons (Fsp3) is 0.192. The van der Waals surface area contributed by atoms with Crippen LogP contribution < -0.4 is 30.1 Å². The van der Waals surface area contributed by atoms with E-state index in [0.29, 0.717) is 33.9 Å². The Labute approximate surface area is 220 Å². The van der Waals surface area contributed by atoms with Crippen LogP contribution in [0.3, 0.4) is 0 Å². The summed E-state index contributed by atoms with van der Waals surface area (Å²) in [5.41, 5.74) is 1.96. The highest BCUT2D eigenvalue weighted by molar-refractivity contribution is 7.92. The molecule has 0 aliphatic heterocycles. The van der Waals surface area contributed by atoms with Crippen molar-refractivity contribution in [1.29, 1.82) is 0 Å². The highest BCUT2D eigenvalue weighted by Crippen LogP contribution is 2.31. The average molecular weight is 537 g/mol. The Morgan fingerprint density at radius 3 is 2.08 bits per heavy atom. The van der Waals surface area contributed by atoms with Crippen molar-refractivity contribution in [2.24, 2.45) is 0 Å². The number of hydrogen-bond acceptors (Lipinski definition) is 9. The molecule has 0 unspecified atom stereocenters. The normalized spacial score (nSPS) is 12.0. The monoisotopic (exact) mass is 536 g/mol. The molecule has 0 spiro atoms. The van der Waals surface area contributed by atoms with Gasteiger partial charge in [0, 0.05) is 29.6 Å². The van der Waals surface area contributed by atoms with E-state index < -0.39 is 16.1 Å². The summed E-state index contributed by atoms with van der Waals surface area (Å²) in [4.78, 5) is 21.3. The second-order valence-corrected chi connectivity index (χ2v) is 9.95. The van der Waals surface area contributed by atoms with Gasteiger partial charge in [-0.05, 0) is 44.3 Å². The number of para-hydroxylation sites is 2. The lowest BCUT2D eigenvalue weighted by Gasteiger charge is -2.16. The summed E-state index contributed by atoms with van der Waals surface area (Å²) in [6.45, 7) is 1.70. The standard InChI is InChI=1S/C26H28N6O5S/c1-16(27-2)26(33)29-17-8-7-9-21(14-17)38(34,35)32-25-24(30-22-10-5-6-11-23(22)31-25)28-18-12-19(36-3)15-20(13-18)37-4/h5-16,27H,1-4H3,(H,28,30)(H,29,33)(H,31,32)/t16-/m0/s1. The summed E-state index contributed by atoms with van der Waals surface area (Å²) >= 11 is 0. The number of ether oxygens (including phenoxy) is 2. The molecule has 1 amide bonds. The Morgan fingerprint density at radius 2 is 1.47 bits per heavy atom. The highest BCUT2D eigenvalue weighted by Gasteiger charge is 2.20. The Morgan fingerprint density at radius 1 is 0.842 bits per heavy atom. The minimum Gasteiger partial charge on any atom is -0.497 e. The number of likely N-dealkylation sites (N-methyl/N-ethyl adjacent to an activating group) is 1. The molecule has 38 heavy (non-hydrogen) atoms. The topological polar surface area (TPSA) is 144 Å². The fourth-order valence-corrected chi connectivity index (χ4v) is 4.54. The molecule has 11 nitrogen and oxygen atoms in total. The van der Waals surface area contributed by atoms with Crippen LogP contribution in [0.15, 0.2) is 71.6 Å². The van der Waals surface area contributed by atoms with Gasteiger partial charge in [0.1, 0.15) is 11.5 Å². The number of methoxy groups -OCH3 is 2. The summed E-state index contributed by atoms with van der Waals surface area (Å²) in [6, 6.07) is 17.8. The second kappa shape index (κ2) is 11.3. The number of carbonyl (C=O) groups is 1. The maximum Gasteiger partial charge on any atom is 0.263 e. The summed E-state index contributed by atoms with van der Waals surface area (Å²) < 4.78 is 40.0. The molecule has 198 valence electrons. The van der Waals surface area contributed by atoms with Crippen molar-refractivity contribution in [2.75, 3.05) is 36.6 Å². The molecule has 4 aromatic rings. The molecule has 3 aromatic carbocycles. The first-order valence-corrected chi connectivity index (χ1v) is 13.1. The van der Waals surface area contributed by atoms with Crippen LogP contribution in [-0.2, 0) is 14.8 Å². The van der Waals surface area contributed by atoms with E-state index in [2.05, 4.69) is 30.6 Å². The van der Waals surface area contributed by atoms with Crippen LogP contribution >= 0.6 is 0 Å². The van der Waals surface area contributed by atoms with E-state index in [0.717, 1.165) is 0 Å². The molecule has 1 atom stereocenters. The van der Waals surface area contributed by atoms with E-state index in [9.17, 15) is 13.2 Å². The third-order valence-corrected chi connectivity index (χ3v) is 6.99. The van der Waals surface area contributed by atoms with Crippen molar-refractivity contribution in [3.63, 3.8) is 0 Å². The molecule has 4 rings (SSSR count). The average Bonchev–Trinajstić information content (AvgIpc) is 2.92. The molecule has 12 heteroatoms. The van der Waals surface area contributed by atoms with Gasteiger partial charge in [-0.15, -0.1) is 0 Å². The van der Waals surface area contributed by atoms with E-state index >= 15 is 0 Å². The minimum absolute atomic E-state index is 0.0104. The number of rotatable bonds is 10. The molecular formula is C26H28N6O5S. The lowest BCUT2D eigenvalue weighted by molar-refractivity contribution is -0.117. The third kappa shape index (κ3) is 6.10. The molecule has 0 aliphatic rings.